The largest absolute Gasteiger partial charge is 0.383 e. The fourth-order valence-electron chi connectivity index (χ4n) is 5.47. The topological polar surface area (TPSA) is 69.2 Å². The molecule has 38 heavy (non-hydrogen) atoms. The summed E-state index contributed by atoms with van der Waals surface area (Å²) in [6, 6.07) is 10.0. The van der Waals surface area contributed by atoms with Gasteiger partial charge in [-0.25, -0.2) is 0 Å². The van der Waals surface area contributed by atoms with Crippen molar-refractivity contribution < 1.29 is 14.3 Å². The lowest BCUT2D eigenvalue weighted by atomic mass is 10.0. The Morgan fingerprint density at radius 3 is 2.39 bits per heavy atom. The number of aromatic nitrogens is 1. The first-order chi connectivity index (χ1) is 18.5. The van der Waals surface area contributed by atoms with Crippen LogP contribution >= 0.6 is 0 Å². The first kappa shape index (κ1) is 28.2. The third-order valence-electron chi connectivity index (χ3n) is 7.65. The van der Waals surface area contributed by atoms with Crippen LogP contribution in [0.4, 0.5) is 5.69 Å². The molecule has 2 aliphatic rings. The predicted octanol–water partition coefficient (Wildman–Crippen LogP) is 3.81. The summed E-state index contributed by atoms with van der Waals surface area (Å²) in [7, 11) is 1.72. The minimum absolute atomic E-state index is 0.0494. The number of piperazine rings is 1. The quantitative estimate of drug-likeness (QED) is 0.576. The van der Waals surface area contributed by atoms with Crippen LogP contribution in [0.5, 0.6) is 0 Å². The van der Waals surface area contributed by atoms with Gasteiger partial charge in [0.2, 0.25) is 5.91 Å². The number of methoxy groups -OCH3 is 1. The molecule has 4 rings (SSSR count). The second-order valence-electron chi connectivity index (χ2n) is 10.5. The van der Waals surface area contributed by atoms with Crippen LogP contribution in [-0.2, 0) is 22.6 Å². The zero-order chi connectivity index (χ0) is 26.7. The number of benzene rings is 1. The van der Waals surface area contributed by atoms with Gasteiger partial charge in [-0.15, -0.1) is 0 Å². The van der Waals surface area contributed by atoms with Crippen molar-refractivity contribution in [3.05, 3.63) is 59.4 Å². The van der Waals surface area contributed by atoms with Crippen LogP contribution in [0.2, 0.25) is 0 Å². The summed E-state index contributed by atoms with van der Waals surface area (Å²) in [6.45, 7) is 9.54. The van der Waals surface area contributed by atoms with Gasteiger partial charge in [0.05, 0.1) is 6.61 Å². The van der Waals surface area contributed by atoms with E-state index in [1.54, 1.807) is 20.2 Å². The lowest BCUT2D eigenvalue weighted by molar-refractivity contribution is -0.116. The average Bonchev–Trinajstić information content (AvgIpc) is 2.93. The van der Waals surface area contributed by atoms with E-state index < -0.39 is 0 Å². The van der Waals surface area contributed by atoms with Gasteiger partial charge >= 0.3 is 0 Å². The Bertz CT molecular complexity index is 1040. The Balaban J connectivity index is 1.59. The molecule has 3 heterocycles. The first-order valence-electron chi connectivity index (χ1n) is 14.1. The molecule has 2 aliphatic heterocycles. The van der Waals surface area contributed by atoms with Crippen LogP contribution in [-0.4, -0.2) is 91.0 Å². The number of anilines is 1. The van der Waals surface area contributed by atoms with Crippen molar-refractivity contribution >= 4 is 17.5 Å². The van der Waals surface area contributed by atoms with Gasteiger partial charge in [0.1, 0.15) is 0 Å². The number of nitrogens with zero attached hydrogens (tertiary/aromatic N) is 5. The van der Waals surface area contributed by atoms with Crippen molar-refractivity contribution in [1.29, 1.82) is 0 Å². The number of ether oxygens (including phenoxy) is 1. The molecule has 0 atom stereocenters. The molecule has 0 saturated carbocycles. The van der Waals surface area contributed by atoms with Gasteiger partial charge in [-0.05, 0) is 54.8 Å². The number of hydrogen-bond donors (Lipinski definition) is 0. The van der Waals surface area contributed by atoms with Crippen LogP contribution in [0.15, 0.2) is 42.7 Å². The van der Waals surface area contributed by atoms with Gasteiger partial charge in [0.25, 0.3) is 5.91 Å². The summed E-state index contributed by atoms with van der Waals surface area (Å²) in [5.74, 6) is 0.117. The molecular weight excluding hydrogens is 478 g/mol. The second kappa shape index (κ2) is 14.4. The summed E-state index contributed by atoms with van der Waals surface area (Å²) in [5.41, 5.74) is 3.83. The van der Waals surface area contributed by atoms with E-state index in [1.165, 1.54) is 18.4 Å². The van der Waals surface area contributed by atoms with Crippen LogP contribution in [0, 0.1) is 0 Å². The number of hydrogen-bond acceptors (Lipinski definition) is 6. The molecule has 8 nitrogen and oxygen atoms in total. The third-order valence-corrected chi connectivity index (χ3v) is 7.65. The number of fused-ring (bicyclic) bond motifs is 1. The van der Waals surface area contributed by atoms with E-state index in [2.05, 4.69) is 20.9 Å². The summed E-state index contributed by atoms with van der Waals surface area (Å²) >= 11 is 0. The Hall–Kier alpha value is -2.81. The maximum Gasteiger partial charge on any atom is 0.253 e. The van der Waals surface area contributed by atoms with E-state index >= 15 is 0 Å². The van der Waals surface area contributed by atoms with Crippen LogP contribution in [0.1, 0.15) is 60.5 Å². The van der Waals surface area contributed by atoms with Crippen LogP contribution in [0.3, 0.4) is 0 Å². The van der Waals surface area contributed by atoms with Crippen molar-refractivity contribution in [3.63, 3.8) is 0 Å². The molecule has 0 bridgehead atoms. The van der Waals surface area contributed by atoms with Gasteiger partial charge < -0.3 is 14.5 Å². The van der Waals surface area contributed by atoms with Gasteiger partial charge in [-0.2, -0.15) is 0 Å². The molecule has 2 amide bonds. The summed E-state index contributed by atoms with van der Waals surface area (Å²) in [4.78, 5) is 39.2. The van der Waals surface area contributed by atoms with E-state index in [0.29, 0.717) is 38.3 Å². The molecule has 1 saturated heterocycles. The van der Waals surface area contributed by atoms with Gasteiger partial charge in [0.15, 0.2) is 0 Å². The maximum atomic E-state index is 13.6. The van der Waals surface area contributed by atoms with E-state index in [1.807, 2.05) is 40.3 Å². The number of rotatable bonds is 6. The fraction of sp³-hybridized carbons (Fsp3) is 0.567. The van der Waals surface area contributed by atoms with Gasteiger partial charge in [-0.1, -0.05) is 25.3 Å². The minimum atomic E-state index is 0.0494. The Labute approximate surface area is 227 Å². The van der Waals surface area contributed by atoms with Crippen molar-refractivity contribution in [3.8, 4) is 0 Å². The number of pyridine rings is 1. The highest BCUT2D eigenvalue weighted by Gasteiger charge is 2.24. The molecule has 1 fully saturated rings. The monoisotopic (exact) mass is 521 g/mol. The lowest BCUT2D eigenvalue weighted by Crippen LogP contribution is -2.49. The van der Waals surface area contributed by atoms with E-state index in [9.17, 15) is 9.59 Å². The van der Waals surface area contributed by atoms with Crippen molar-refractivity contribution in [2.24, 2.45) is 0 Å². The molecule has 0 spiro atoms. The smallest absolute Gasteiger partial charge is 0.253 e. The van der Waals surface area contributed by atoms with Crippen LogP contribution < -0.4 is 4.90 Å². The van der Waals surface area contributed by atoms with E-state index in [4.69, 9.17) is 4.74 Å². The normalized spacial score (nSPS) is 18.4. The molecule has 0 aliphatic carbocycles. The molecule has 0 radical (unpaired) electrons. The SMILES string of the molecule is COCCN1CCN(C(=O)c2ccc3c(c2)CN(Cc2cccnc2)CCCCCCCN3C(C)=O)CC1. The van der Waals surface area contributed by atoms with Gasteiger partial charge in [-0.3, -0.25) is 24.4 Å². The minimum Gasteiger partial charge on any atom is -0.383 e. The highest BCUT2D eigenvalue weighted by atomic mass is 16.5. The molecule has 2 aromatic rings. The fourth-order valence-corrected chi connectivity index (χ4v) is 5.47. The summed E-state index contributed by atoms with van der Waals surface area (Å²) in [5, 5.41) is 0. The molecule has 1 aromatic carbocycles. The zero-order valence-corrected chi connectivity index (χ0v) is 23.1. The van der Waals surface area contributed by atoms with Crippen molar-refractivity contribution in [1.82, 2.24) is 19.7 Å². The highest BCUT2D eigenvalue weighted by Crippen LogP contribution is 2.27. The second-order valence-corrected chi connectivity index (χ2v) is 10.5. The molecule has 8 heteroatoms. The number of carbonyl (C=O) groups is 2. The molecular formula is C30H43N5O3. The molecule has 206 valence electrons. The third kappa shape index (κ3) is 7.85. The summed E-state index contributed by atoms with van der Waals surface area (Å²) in [6.07, 6.45) is 9.34. The Kier molecular flexibility index (Phi) is 10.7. The zero-order valence-electron chi connectivity index (χ0n) is 23.1. The van der Waals surface area contributed by atoms with Crippen LogP contribution in [0.25, 0.3) is 0 Å². The van der Waals surface area contributed by atoms with Crippen molar-refractivity contribution in [2.75, 3.05) is 64.4 Å². The van der Waals surface area contributed by atoms with E-state index in [-0.39, 0.29) is 11.8 Å². The van der Waals surface area contributed by atoms with Gasteiger partial charge in [0, 0.05) is 90.0 Å². The number of amides is 2. The Morgan fingerprint density at radius 1 is 0.921 bits per heavy atom. The lowest BCUT2D eigenvalue weighted by Gasteiger charge is -2.35. The maximum absolute atomic E-state index is 13.6. The van der Waals surface area contributed by atoms with E-state index in [0.717, 1.165) is 63.2 Å². The molecule has 0 N–H and O–H groups in total. The Morgan fingerprint density at radius 2 is 1.68 bits per heavy atom. The first-order valence-corrected chi connectivity index (χ1v) is 14.1. The molecule has 0 unspecified atom stereocenters. The summed E-state index contributed by atoms with van der Waals surface area (Å²) < 4.78 is 5.21. The predicted molar refractivity (Wildman–Crippen MR) is 150 cm³/mol. The molecule has 1 aromatic heterocycles. The highest BCUT2D eigenvalue weighted by molar-refractivity contribution is 5.97. The number of carbonyl (C=O) groups excluding carboxylic acids is 2. The average molecular weight is 522 g/mol. The standard InChI is InChI=1S/C30H43N5O3/c1-25(36)35-14-7-5-3-4-6-13-33(23-26-9-8-12-31-22-26)24-28-21-27(10-11-29(28)35)30(37)34-17-15-32(16-18-34)19-20-38-2/h8-12,21-22H,3-7,13-20,23-24H2,1-2H3. The van der Waals surface area contributed by atoms with Crippen molar-refractivity contribution in [2.45, 2.75) is 52.1 Å².